The molecule has 0 saturated heterocycles. The Bertz CT molecular complexity index is 736. The van der Waals surface area contributed by atoms with Crippen LogP contribution in [0, 0.1) is 0 Å². The minimum Gasteiger partial charge on any atom is -0.490 e. The number of fused-ring (bicyclic) bond motifs is 1. The fraction of sp³-hybridized carbons (Fsp3) is 0.381. The maximum atomic E-state index is 12.7. The molecule has 0 spiro atoms. The minimum atomic E-state index is -0.0979. The van der Waals surface area contributed by atoms with E-state index in [9.17, 15) is 4.79 Å². The predicted molar refractivity (Wildman–Crippen MR) is 96.6 cm³/mol. The average molecular weight is 323 g/mol. The molecule has 24 heavy (non-hydrogen) atoms. The Morgan fingerprint density at radius 1 is 1.04 bits per heavy atom. The number of rotatable bonds is 5. The Morgan fingerprint density at radius 3 is 2.58 bits per heavy atom. The van der Waals surface area contributed by atoms with E-state index in [0.717, 1.165) is 12.0 Å². The lowest BCUT2D eigenvalue weighted by molar-refractivity contribution is 0.0934. The molecule has 1 unspecified atom stereocenters. The summed E-state index contributed by atoms with van der Waals surface area (Å²) in [5.74, 6) is 0.533. The van der Waals surface area contributed by atoms with Crippen molar-refractivity contribution in [2.24, 2.45) is 0 Å². The van der Waals surface area contributed by atoms with Crippen molar-refractivity contribution in [3.05, 3.63) is 64.7 Å². The van der Waals surface area contributed by atoms with Gasteiger partial charge in [0.25, 0.3) is 5.91 Å². The average Bonchev–Trinajstić information content (AvgIpc) is 3.02. The minimum absolute atomic E-state index is 0.0319. The zero-order chi connectivity index (χ0) is 17.1. The van der Waals surface area contributed by atoms with Crippen molar-refractivity contribution in [2.45, 2.75) is 52.2 Å². The summed E-state index contributed by atoms with van der Waals surface area (Å²) in [6, 6.07) is 13.9. The van der Waals surface area contributed by atoms with Crippen molar-refractivity contribution >= 4 is 5.91 Å². The molecule has 0 aromatic heterocycles. The fourth-order valence-electron chi connectivity index (χ4n) is 3.23. The summed E-state index contributed by atoms with van der Waals surface area (Å²) in [7, 11) is 0. The number of ether oxygens (including phenoxy) is 1. The third-order valence-electron chi connectivity index (χ3n) is 4.46. The molecular weight excluding hydrogens is 298 g/mol. The normalized spacial score (nSPS) is 14.3. The quantitative estimate of drug-likeness (QED) is 0.882. The van der Waals surface area contributed by atoms with E-state index in [1.165, 1.54) is 24.0 Å². The number of amides is 1. The monoisotopic (exact) mass is 323 g/mol. The van der Waals surface area contributed by atoms with Gasteiger partial charge in [0.15, 0.2) is 0 Å². The number of carbonyl (C=O) groups is 1. The maximum absolute atomic E-state index is 12.7. The van der Waals surface area contributed by atoms with Crippen molar-refractivity contribution in [2.75, 3.05) is 0 Å². The second-order valence-electron chi connectivity index (χ2n) is 6.74. The van der Waals surface area contributed by atoms with Crippen LogP contribution < -0.4 is 10.1 Å². The van der Waals surface area contributed by atoms with Crippen LogP contribution in [-0.2, 0) is 12.8 Å². The van der Waals surface area contributed by atoms with E-state index < -0.39 is 0 Å². The maximum Gasteiger partial charge on any atom is 0.255 e. The van der Waals surface area contributed by atoms with Crippen molar-refractivity contribution in [1.29, 1.82) is 0 Å². The SMILES string of the molecule is CC(C)Oc1ccccc1C(=O)NC(C)c1ccc2c(c1)CCC2. The van der Waals surface area contributed by atoms with Crippen molar-refractivity contribution in [3.63, 3.8) is 0 Å². The Morgan fingerprint density at radius 2 is 1.79 bits per heavy atom. The van der Waals surface area contributed by atoms with Crippen LogP contribution in [0.25, 0.3) is 0 Å². The molecule has 1 aliphatic rings. The van der Waals surface area contributed by atoms with Gasteiger partial charge in [-0.25, -0.2) is 0 Å². The molecule has 2 aromatic rings. The van der Waals surface area contributed by atoms with Gasteiger partial charge in [-0.15, -0.1) is 0 Å². The molecule has 3 nitrogen and oxygen atoms in total. The molecule has 3 heteroatoms. The smallest absolute Gasteiger partial charge is 0.255 e. The zero-order valence-electron chi connectivity index (χ0n) is 14.6. The largest absolute Gasteiger partial charge is 0.490 e. The first kappa shape index (κ1) is 16.6. The highest BCUT2D eigenvalue weighted by molar-refractivity contribution is 5.97. The van der Waals surface area contributed by atoms with E-state index in [0.29, 0.717) is 11.3 Å². The summed E-state index contributed by atoms with van der Waals surface area (Å²) in [5.41, 5.74) is 4.62. The molecule has 0 fully saturated rings. The molecule has 0 heterocycles. The van der Waals surface area contributed by atoms with Crippen LogP contribution in [-0.4, -0.2) is 12.0 Å². The highest BCUT2D eigenvalue weighted by Crippen LogP contribution is 2.26. The molecule has 126 valence electrons. The molecule has 0 bridgehead atoms. The summed E-state index contributed by atoms with van der Waals surface area (Å²) in [6.07, 6.45) is 3.60. The van der Waals surface area contributed by atoms with Crippen LogP contribution in [0.3, 0.4) is 0 Å². The molecule has 1 aliphatic carbocycles. The van der Waals surface area contributed by atoms with E-state index in [2.05, 4.69) is 23.5 Å². The first-order valence-electron chi connectivity index (χ1n) is 8.73. The number of aryl methyl sites for hydroxylation is 2. The Hall–Kier alpha value is -2.29. The van der Waals surface area contributed by atoms with Gasteiger partial charge in [-0.05, 0) is 68.9 Å². The summed E-state index contributed by atoms with van der Waals surface area (Å²) in [4.78, 5) is 12.7. The van der Waals surface area contributed by atoms with Gasteiger partial charge in [0, 0.05) is 0 Å². The lowest BCUT2D eigenvalue weighted by Crippen LogP contribution is -2.27. The van der Waals surface area contributed by atoms with E-state index in [-0.39, 0.29) is 18.1 Å². The Kier molecular flexibility index (Phi) is 4.89. The van der Waals surface area contributed by atoms with E-state index in [1.54, 1.807) is 0 Å². The van der Waals surface area contributed by atoms with E-state index in [1.807, 2.05) is 45.0 Å². The third kappa shape index (κ3) is 3.61. The van der Waals surface area contributed by atoms with Crippen molar-refractivity contribution in [3.8, 4) is 5.75 Å². The summed E-state index contributed by atoms with van der Waals surface area (Å²) < 4.78 is 5.75. The molecule has 1 amide bonds. The Labute approximate surface area is 144 Å². The van der Waals surface area contributed by atoms with Crippen LogP contribution in [0.2, 0.25) is 0 Å². The van der Waals surface area contributed by atoms with Gasteiger partial charge in [-0.2, -0.15) is 0 Å². The number of carbonyl (C=O) groups excluding carboxylic acids is 1. The zero-order valence-corrected chi connectivity index (χ0v) is 14.6. The second-order valence-corrected chi connectivity index (χ2v) is 6.74. The molecule has 3 rings (SSSR count). The topological polar surface area (TPSA) is 38.3 Å². The van der Waals surface area contributed by atoms with Crippen LogP contribution in [0.15, 0.2) is 42.5 Å². The van der Waals surface area contributed by atoms with Gasteiger partial charge in [0.1, 0.15) is 5.75 Å². The highest BCUT2D eigenvalue weighted by atomic mass is 16.5. The van der Waals surface area contributed by atoms with Gasteiger partial charge < -0.3 is 10.1 Å². The first-order chi connectivity index (χ1) is 11.5. The number of nitrogens with one attached hydrogen (secondary N) is 1. The van der Waals surface area contributed by atoms with Crippen LogP contribution in [0.1, 0.15) is 60.3 Å². The van der Waals surface area contributed by atoms with Crippen LogP contribution >= 0.6 is 0 Å². The summed E-state index contributed by atoms with van der Waals surface area (Å²) in [6.45, 7) is 5.95. The molecule has 0 aliphatic heterocycles. The Balaban J connectivity index is 1.75. The predicted octanol–water partition coefficient (Wildman–Crippen LogP) is 4.45. The number of hydrogen-bond acceptors (Lipinski definition) is 2. The van der Waals surface area contributed by atoms with Gasteiger partial charge in [-0.1, -0.05) is 30.3 Å². The van der Waals surface area contributed by atoms with Gasteiger partial charge in [-0.3, -0.25) is 4.79 Å². The molecule has 1 atom stereocenters. The molecular formula is C21H25NO2. The molecule has 0 saturated carbocycles. The van der Waals surface area contributed by atoms with Crippen LogP contribution in [0.5, 0.6) is 5.75 Å². The molecule has 0 radical (unpaired) electrons. The van der Waals surface area contributed by atoms with Gasteiger partial charge in [0.2, 0.25) is 0 Å². The number of para-hydroxylation sites is 1. The van der Waals surface area contributed by atoms with Gasteiger partial charge >= 0.3 is 0 Å². The van der Waals surface area contributed by atoms with E-state index >= 15 is 0 Å². The number of hydrogen-bond donors (Lipinski definition) is 1. The third-order valence-corrected chi connectivity index (χ3v) is 4.46. The molecule has 1 N–H and O–H groups in total. The van der Waals surface area contributed by atoms with Crippen LogP contribution in [0.4, 0.5) is 0 Å². The lowest BCUT2D eigenvalue weighted by atomic mass is 10.0. The molecule has 2 aromatic carbocycles. The lowest BCUT2D eigenvalue weighted by Gasteiger charge is -2.18. The van der Waals surface area contributed by atoms with Crippen molar-refractivity contribution < 1.29 is 9.53 Å². The fourth-order valence-corrected chi connectivity index (χ4v) is 3.23. The summed E-state index contributed by atoms with van der Waals surface area (Å²) >= 11 is 0. The van der Waals surface area contributed by atoms with E-state index in [4.69, 9.17) is 4.74 Å². The standard InChI is InChI=1S/C21H25NO2/c1-14(2)24-20-10-5-4-9-19(20)21(23)22-15(3)17-12-11-16-7-6-8-18(16)13-17/h4-5,9-15H,6-8H2,1-3H3,(H,22,23). The van der Waals surface area contributed by atoms with Gasteiger partial charge in [0.05, 0.1) is 17.7 Å². The van der Waals surface area contributed by atoms with Crippen molar-refractivity contribution in [1.82, 2.24) is 5.32 Å². The highest BCUT2D eigenvalue weighted by Gasteiger charge is 2.18. The number of benzene rings is 2. The first-order valence-corrected chi connectivity index (χ1v) is 8.73. The second kappa shape index (κ2) is 7.08. The summed E-state index contributed by atoms with van der Waals surface area (Å²) in [5, 5.41) is 3.10.